The number of benzene rings is 2. The summed E-state index contributed by atoms with van der Waals surface area (Å²) in [4.78, 5) is 11.2. The van der Waals surface area contributed by atoms with E-state index in [0.717, 1.165) is 22.3 Å². The fourth-order valence-corrected chi connectivity index (χ4v) is 2.42. The molecule has 104 valence electrons. The van der Waals surface area contributed by atoms with E-state index in [2.05, 4.69) is 0 Å². The zero-order valence-corrected chi connectivity index (χ0v) is 11.6. The SMILES string of the molecule is Cc1cc(Cc2ccccc2C(=O)O)ccc1[C@H](C)O. The number of carboxylic acids is 1. The van der Waals surface area contributed by atoms with Crippen LogP contribution in [0, 0.1) is 6.92 Å². The zero-order valence-electron chi connectivity index (χ0n) is 11.6. The van der Waals surface area contributed by atoms with Crippen LogP contribution in [-0.4, -0.2) is 16.2 Å². The summed E-state index contributed by atoms with van der Waals surface area (Å²) < 4.78 is 0. The number of carbonyl (C=O) groups is 1. The number of aromatic carboxylic acids is 1. The lowest BCUT2D eigenvalue weighted by atomic mass is 9.96. The molecule has 0 aliphatic rings. The Morgan fingerprint density at radius 2 is 1.90 bits per heavy atom. The summed E-state index contributed by atoms with van der Waals surface area (Å²) in [6.45, 7) is 3.69. The van der Waals surface area contributed by atoms with E-state index in [1.54, 1.807) is 19.1 Å². The molecule has 2 aromatic carbocycles. The molecule has 3 nitrogen and oxygen atoms in total. The van der Waals surface area contributed by atoms with Gasteiger partial charge in [0.25, 0.3) is 0 Å². The molecule has 2 aromatic rings. The first kappa shape index (κ1) is 14.3. The summed E-state index contributed by atoms with van der Waals surface area (Å²) in [6, 6.07) is 12.9. The van der Waals surface area contributed by atoms with Crippen LogP contribution in [0.25, 0.3) is 0 Å². The van der Waals surface area contributed by atoms with Gasteiger partial charge in [0.2, 0.25) is 0 Å². The Morgan fingerprint density at radius 3 is 2.50 bits per heavy atom. The largest absolute Gasteiger partial charge is 0.478 e. The summed E-state index contributed by atoms with van der Waals surface area (Å²) >= 11 is 0. The average molecular weight is 270 g/mol. The third-order valence-corrected chi connectivity index (χ3v) is 3.43. The number of carboxylic acid groups (broad SMARTS) is 1. The monoisotopic (exact) mass is 270 g/mol. The van der Waals surface area contributed by atoms with E-state index in [1.165, 1.54) is 0 Å². The standard InChI is InChI=1S/C17H18O3/c1-11-9-13(7-8-15(11)12(2)18)10-14-5-3-4-6-16(14)17(19)20/h3-9,12,18H,10H2,1-2H3,(H,19,20)/t12-/m0/s1. The molecule has 1 atom stereocenters. The Bertz CT molecular complexity index is 630. The number of aliphatic hydroxyl groups is 1. The number of rotatable bonds is 4. The van der Waals surface area contributed by atoms with Gasteiger partial charge in [0.15, 0.2) is 0 Å². The van der Waals surface area contributed by atoms with Crippen LogP contribution < -0.4 is 0 Å². The van der Waals surface area contributed by atoms with Gasteiger partial charge in [-0.2, -0.15) is 0 Å². The quantitative estimate of drug-likeness (QED) is 0.895. The molecule has 0 fully saturated rings. The molecular formula is C17H18O3. The van der Waals surface area contributed by atoms with Gasteiger partial charge >= 0.3 is 5.97 Å². The molecule has 0 saturated carbocycles. The van der Waals surface area contributed by atoms with Gasteiger partial charge < -0.3 is 10.2 Å². The summed E-state index contributed by atoms with van der Waals surface area (Å²) in [7, 11) is 0. The van der Waals surface area contributed by atoms with Gasteiger partial charge in [-0.25, -0.2) is 4.79 Å². The first-order valence-electron chi connectivity index (χ1n) is 6.57. The summed E-state index contributed by atoms with van der Waals surface area (Å²) in [5.74, 6) is -0.905. The van der Waals surface area contributed by atoms with Crippen LogP contribution in [0.15, 0.2) is 42.5 Å². The maximum Gasteiger partial charge on any atom is 0.335 e. The predicted molar refractivity (Wildman–Crippen MR) is 78.0 cm³/mol. The first-order valence-corrected chi connectivity index (χ1v) is 6.57. The van der Waals surface area contributed by atoms with Crippen molar-refractivity contribution >= 4 is 5.97 Å². The highest BCUT2D eigenvalue weighted by Gasteiger charge is 2.11. The second-order valence-electron chi connectivity index (χ2n) is 5.01. The summed E-state index contributed by atoms with van der Waals surface area (Å²) in [5, 5.41) is 18.8. The molecule has 0 unspecified atom stereocenters. The Kier molecular flexibility index (Phi) is 4.20. The summed E-state index contributed by atoms with van der Waals surface area (Å²) in [6.07, 6.45) is 0.0824. The first-order chi connectivity index (χ1) is 9.49. The van der Waals surface area contributed by atoms with Crippen molar-refractivity contribution in [1.82, 2.24) is 0 Å². The van der Waals surface area contributed by atoms with E-state index in [9.17, 15) is 15.0 Å². The minimum absolute atomic E-state index is 0.338. The van der Waals surface area contributed by atoms with Crippen molar-refractivity contribution in [2.45, 2.75) is 26.4 Å². The molecule has 0 aliphatic carbocycles. The van der Waals surface area contributed by atoms with Crippen LogP contribution in [0.5, 0.6) is 0 Å². The van der Waals surface area contributed by atoms with E-state index >= 15 is 0 Å². The molecule has 3 heteroatoms. The van der Waals surface area contributed by atoms with Gasteiger partial charge in [-0.15, -0.1) is 0 Å². The second kappa shape index (κ2) is 5.88. The van der Waals surface area contributed by atoms with Crippen molar-refractivity contribution in [3.05, 3.63) is 70.3 Å². The van der Waals surface area contributed by atoms with E-state index in [-0.39, 0.29) is 0 Å². The molecular weight excluding hydrogens is 252 g/mol. The third kappa shape index (κ3) is 3.06. The van der Waals surface area contributed by atoms with Crippen LogP contribution in [-0.2, 0) is 6.42 Å². The van der Waals surface area contributed by atoms with Crippen LogP contribution in [0.3, 0.4) is 0 Å². The number of aryl methyl sites for hydroxylation is 1. The number of hydrogen-bond donors (Lipinski definition) is 2. The minimum atomic E-state index is -0.905. The molecule has 2 rings (SSSR count). The Labute approximate surface area is 118 Å². The maximum atomic E-state index is 11.2. The second-order valence-corrected chi connectivity index (χ2v) is 5.01. The lowest BCUT2D eigenvalue weighted by Crippen LogP contribution is -2.03. The molecule has 0 aromatic heterocycles. The van der Waals surface area contributed by atoms with Crippen LogP contribution in [0.1, 0.15) is 45.6 Å². The van der Waals surface area contributed by atoms with Crippen molar-refractivity contribution in [2.75, 3.05) is 0 Å². The smallest absolute Gasteiger partial charge is 0.335 e. The molecule has 0 heterocycles. The average Bonchev–Trinajstić information content (AvgIpc) is 2.38. The van der Waals surface area contributed by atoms with Gasteiger partial charge in [0.05, 0.1) is 11.7 Å². The molecule has 0 saturated heterocycles. The van der Waals surface area contributed by atoms with E-state index in [1.807, 2.05) is 37.3 Å². The number of aliphatic hydroxyl groups excluding tert-OH is 1. The van der Waals surface area contributed by atoms with Crippen LogP contribution in [0.2, 0.25) is 0 Å². The molecule has 0 spiro atoms. The van der Waals surface area contributed by atoms with Crippen molar-refractivity contribution < 1.29 is 15.0 Å². The Morgan fingerprint density at radius 1 is 1.20 bits per heavy atom. The van der Waals surface area contributed by atoms with E-state index in [0.29, 0.717) is 12.0 Å². The van der Waals surface area contributed by atoms with Gasteiger partial charge in [0, 0.05) is 0 Å². The van der Waals surface area contributed by atoms with E-state index < -0.39 is 12.1 Å². The highest BCUT2D eigenvalue weighted by atomic mass is 16.4. The van der Waals surface area contributed by atoms with Crippen molar-refractivity contribution in [3.8, 4) is 0 Å². The highest BCUT2D eigenvalue weighted by Crippen LogP contribution is 2.21. The third-order valence-electron chi connectivity index (χ3n) is 3.43. The lowest BCUT2D eigenvalue weighted by molar-refractivity contribution is 0.0696. The molecule has 0 bridgehead atoms. The molecule has 0 aliphatic heterocycles. The van der Waals surface area contributed by atoms with Crippen molar-refractivity contribution in [3.63, 3.8) is 0 Å². The number of hydrogen-bond acceptors (Lipinski definition) is 2. The molecule has 0 amide bonds. The van der Waals surface area contributed by atoms with Gasteiger partial charge in [-0.05, 0) is 48.6 Å². The predicted octanol–water partition coefficient (Wildman–Crippen LogP) is 3.34. The fraction of sp³-hybridized carbons (Fsp3) is 0.235. The zero-order chi connectivity index (χ0) is 14.7. The van der Waals surface area contributed by atoms with Crippen LogP contribution >= 0.6 is 0 Å². The van der Waals surface area contributed by atoms with Gasteiger partial charge in [-0.3, -0.25) is 0 Å². The van der Waals surface area contributed by atoms with Gasteiger partial charge in [-0.1, -0.05) is 36.4 Å². The lowest BCUT2D eigenvalue weighted by Gasteiger charge is -2.12. The van der Waals surface area contributed by atoms with Crippen molar-refractivity contribution in [2.24, 2.45) is 0 Å². The minimum Gasteiger partial charge on any atom is -0.478 e. The Hall–Kier alpha value is -2.13. The molecule has 2 N–H and O–H groups in total. The fourth-order valence-electron chi connectivity index (χ4n) is 2.42. The van der Waals surface area contributed by atoms with Crippen molar-refractivity contribution in [1.29, 1.82) is 0 Å². The highest BCUT2D eigenvalue weighted by molar-refractivity contribution is 5.89. The maximum absolute atomic E-state index is 11.2. The van der Waals surface area contributed by atoms with Gasteiger partial charge in [0.1, 0.15) is 0 Å². The molecule has 20 heavy (non-hydrogen) atoms. The molecule has 0 radical (unpaired) electrons. The van der Waals surface area contributed by atoms with E-state index in [4.69, 9.17) is 0 Å². The summed E-state index contributed by atoms with van der Waals surface area (Å²) in [5.41, 5.74) is 4.10. The van der Waals surface area contributed by atoms with Crippen LogP contribution in [0.4, 0.5) is 0 Å². The Balaban J connectivity index is 2.31. The normalized spacial score (nSPS) is 12.2. The topological polar surface area (TPSA) is 57.5 Å².